The first kappa shape index (κ1) is 13.0. The van der Waals surface area contributed by atoms with E-state index in [0.717, 1.165) is 18.8 Å². The van der Waals surface area contributed by atoms with Gasteiger partial charge in [0.15, 0.2) is 0 Å². The van der Waals surface area contributed by atoms with Gasteiger partial charge in [-0.15, -0.1) is 0 Å². The molecule has 2 nitrogen and oxygen atoms in total. The Hall–Kier alpha value is -0.0800. The fraction of sp³-hybridized carbons (Fsp3) is 1.00. The summed E-state index contributed by atoms with van der Waals surface area (Å²) in [4.78, 5) is 2.39. The predicted octanol–water partition coefficient (Wildman–Crippen LogP) is 2.66. The standard InChI is InChI=1S/C13H27NO/c1-5-6-11(3)14(4)12-9-10(2)7-8-13(12)15/h10-13,15H,5-9H2,1-4H3. The smallest absolute Gasteiger partial charge is 0.0695 e. The van der Waals surface area contributed by atoms with Crippen LogP contribution in [0.2, 0.25) is 0 Å². The summed E-state index contributed by atoms with van der Waals surface area (Å²) in [5, 5.41) is 10.0. The van der Waals surface area contributed by atoms with Gasteiger partial charge in [0.2, 0.25) is 0 Å². The van der Waals surface area contributed by atoms with E-state index in [9.17, 15) is 5.11 Å². The van der Waals surface area contributed by atoms with Crippen LogP contribution in [-0.2, 0) is 0 Å². The van der Waals surface area contributed by atoms with Crippen LogP contribution >= 0.6 is 0 Å². The van der Waals surface area contributed by atoms with Gasteiger partial charge in [0, 0.05) is 12.1 Å². The largest absolute Gasteiger partial charge is 0.391 e. The molecule has 0 aromatic rings. The third-order valence-corrected chi connectivity index (χ3v) is 3.97. The minimum Gasteiger partial charge on any atom is -0.391 e. The lowest BCUT2D eigenvalue weighted by atomic mass is 9.83. The van der Waals surface area contributed by atoms with E-state index in [-0.39, 0.29) is 6.10 Å². The van der Waals surface area contributed by atoms with Gasteiger partial charge in [-0.1, -0.05) is 20.3 Å². The number of aliphatic hydroxyl groups is 1. The lowest BCUT2D eigenvalue weighted by molar-refractivity contribution is 0.000684. The van der Waals surface area contributed by atoms with Gasteiger partial charge in [-0.3, -0.25) is 4.90 Å². The van der Waals surface area contributed by atoms with Gasteiger partial charge < -0.3 is 5.11 Å². The van der Waals surface area contributed by atoms with Crippen molar-refractivity contribution in [3.8, 4) is 0 Å². The molecular formula is C13H27NO. The fourth-order valence-corrected chi connectivity index (χ4v) is 2.72. The van der Waals surface area contributed by atoms with Crippen LogP contribution in [0.5, 0.6) is 0 Å². The van der Waals surface area contributed by atoms with Gasteiger partial charge >= 0.3 is 0 Å². The van der Waals surface area contributed by atoms with Crippen LogP contribution in [-0.4, -0.2) is 35.2 Å². The number of aliphatic hydroxyl groups excluding tert-OH is 1. The molecule has 0 heterocycles. The zero-order chi connectivity index (χ0) is 11.4. The highest BCUT2D eigenvalue weighted by molar-refractivity contribution is 4.86. The SMILES string of the molecule is CCCC(C)N(C)C1CC(C)CCC1O. The lowest BCUT2D eigenvalue weighted by Crippen LogP contribution is -2.48. The zero-order valence-corrected chi connectivity index (χ0v) is 10.7. The van der Waals surface area contributed by atoms with Gasteiger partial charge in [0.25, 0.3) is 0 Å². The molecule has 90 valence electrons. The summed E-state index contributed by atoms with van der Waals surface area (Å²) < 4.78 is 0. The second-order valence-electron chi connectivity index (χ2n) is 5.36. The summed E-state index contributed by atoms with van der Waals surface area (Å²) in [7, 11) is 2.17. The molecule has 4 unspecified atom stereocenters. The molecule has 0 spiro atoms. The number of nitrogens with zero attached hydrogens (tertiary/aromatic N) is 1. The van der Waals surface area contributed by atoms with E-state index in [1.54, 1.807) is 0 Å². The maximum absolute atomic E-state index is 10.0. The number of hydrogen-bond donors (Lipinski definition) is 1. The molecule has 0 aromatic heterocycles. The molecule has 0 saturated heterocycles. The summed E-state index contributed by atoms with van der Waals surface area (Å²) in [6.45, 7) is 6.80. The molecule has 1 rings (SSSR count). The molecule has 1 aliphatic rings. The molecule has 1 aliphatic carbocycles. The van der Waals surface area contributed by atoms with E-state index < -0.39 is 0 Å². The maximum Gasteiger partial charge on any atom is 0.0695 e. The van der Waals surface area contributed by atoms with Crippen molar-refractivity contribution in [1.29, 1.82) is 0 Å². The van der Waals surface area contributed by atoms with Gasteiger partial charge in [-0.05, 0) is 45.6 Å². The molecule has 4 atom stereocenters. The van der Waals surface area contributed by atoms with E-state index in [1.807, 2.05) is 0 Å². The van der Waals surface area contributed by atoms with Gasteiger partial charge in [-0.25, -0.2) is 0 Å². The highest BCUT2D eigenvalue weighted by Gasteiger charge is 2.31. The van der Waals surface area contributed by atoms with E-state index in [2.05, 4.69) is 32.7 Å². The zero-order valence-electron chi connectivity index (χ0n) is 10.7. The third kappa shape index (κ3) is 3.46. The molecule has 2 heteroatoms. The van der Waals surface area contributed by atoms with Crippen molar-refractivity contribution in [2.75, 3.05) is 7.05 Å². The quantitative estimate of drug-likeness (QED) is 0.776. The number of likely N-dealkylation sites (N-methyl/N-ethyl adjacent to an activating group) is 1. The number of hydrogen-bond acceptors (Lipinski definition) is 2. The lowest BCUT2D eigenvalue weighted by Gasteiger charge is -2.40. The van der Waals surface area contributed by atoms with Crippen molar-refractivity contribution in [1.82, 2.24) is 4.90 Å². The molecule has 1 N–H and O–H groups in total. The van der Waals surface area contributed by atoms with Crippen LogP contribution in [0.4, 0.5) is 0 Å². The maximum atomic E-state index is 10.0. The average Bonchev–Trinajstić information content (AvgIpc) is 2.21. The summed E-state index contributed by atoms with van der Waals surface area (Å²) in [6.07, 6.45) is 5.68. The summed E-state index contributed by atoms with van der Waals surface area (Å²) in [5.41, 5.74) is 0. The van der Waals surface area contributed by atoms with Crippen LogP contribution in [0, 0.1) is 5.92 Å². The molecule has 15 heavy (non-hydrogen) atoms. The van der Waals surface area contributed by atoms with Crippen molar-refractivity contribution < 1.29 is 5.11 Å². The molecule has 0 amide bonds. The van der Waals surface area contributed by atoms with Gasteiger partial charge in [0.05, 0.1) is 6.10 Å². The van der Waals surface area contributed by atoms with Crippen molar-refractivity contribution in [2.45, 2.75) is 71.1 Å². The van der Waals surface area contributed by atoms with Crippen molar-refractivity contribution in [3.63, 3.8) is 0 Å². The second-order valence-corrected chi connectivity index (χ2v) is 5.36. The highest BCUT2D eigenvalue weighted by atomic mass is 16.3. The van der Waals surface area contributed by atoms with E-state index in [0.29, 0.717) is 12.1 Å². The topological polar surface area (TPSA) is 23.5 Å². The van der Waals surface area contributed by atoms with E-state index in [4.69, 9.17) is 0 Å². The van der Waals surface area contributed by atoms with Crippen LogP contribution in [0.1, 0.15) is 52.9 Å². The van der Waals surface area contributed by atoms with E-state index >= 15 is 0 Å². The van der Waals surface area contributed by atoms with Crippen LogP contribution in [0.3, 0.4) is 0 Å². The third-order valence-electron chi connectivity index (χ3n) is 3.97. The predicted molar refractivity (Wildman–Crippen MR) is 64.9 cm³/mol. The minimum absolute atomic E-state index is 0.106. The first-order chi connectivity index (χ1) is 7.06. The van der Waals surface area contributed by atoms with Gasteiger partial charge in [-0.2, -0.15) is 0 Å². The Morgan fingerprint density at radius 2 is 2.07 bits per heavy atom. The Bertz CT molecular complexity index is 183. The molecule has 0 radical (unpaired) electrons. The van der Waals surface area contributed by atoms with Crippen molar-refractivity contribution in [3.05, 3.63) is 0 Å². The Kier molecular flexibility index (Phi) is 5.07. The Morgan fingerprint density at radius 3 is 2.67 bits per heavy atom. The van der Waals surface area contributed by atoms with E-state index in [1.165, 1.54) is 19.3 Å². The summed E-state index contributed by atoms with van der Waals surface area (Å²) in [5.74, 6) is 0.773. The number of rotatable bonds is 4. The Morgan fingerprint density at radius 1 is 1.40 bits per heavy atom. The average molecular weight is 213 g/mol. The molecule has 1 fully saturated rings. The summed E-state index contributed by atoms with van der Waals surface area (Å²) in [6, 6.07) is 0.982. The molecule has 0 aromatic carbocycles. The monoisotopic (exact) mass is 213 g/mol. The Labute approximate surface area is 94.7 Å². The molecular weight excluding hydrogens is 186 g/mol. The van der Waals surface area contributed by atoms with Crippen LogP contribution in [0.15, 0.2) is 0 Å². The van der Waals surface area contributed by atoms with Crippen molar-refractivity contribution in [2.24, 2.45) is 5.92 Å². The first-order valence-corrected chi connectivity index (χ1v) is 6.46. The Balaban J connectivity index is 2.51. The molecule has 1 saturated carbocycles. The van der Waals surface area contributed by atoms with Crippen molar-refractivity contribution >= 4 is 0 Å². The van der Waals surface area contributed by atoms with Gasteiger partial charge in [0.1, 0.15) is 0 Å². The highest BCUT2D eigenvalue weighted by Crippen LogP contribution is 2.28. The molecule has 0 aliphatic heterocycles. The molecule has 0 bridgehead atoms. The first-order valence-electron chi connectivity index (χ1n) is 6.46. The fourth-order valence-electron chi connectivity index (χ4n) is 2.72. The minimum atomic E-state index is -0.106. The van der Waals surface area contributed by atoms with Crippen LogP contribution < -0.4 is 0 Å². The normalized spacial score (nSPS) is 34.4. The van der Waals surface area contributed by atoms with Crippen LogP contribution in [0.25, 0.3) is 0 Å². The second kappa shape index (κ2) is 5.86. The summed E-state index contributed by atoms with van der Waals surface area (Å²) >= 11 is 0.